The van der Waals surface area contributed by atoms with Crippen LogP contribution in [-0.2, 0) is 13.0 Å². The summed E-state index contributed by atoms with van der Waals surface area (Å²) >= 11 is 0. The Morgan fingerprint density at radius 2 is 1.89 bits per heavy atom. The van der Waals surface area contributed by atoms with Crippen LogP contribution in [0.4, 0.5) is 5.69 Å². The number of rotatable bonds is 7. The summed E-state index contributed by atoms with van der Waals surface area (Å²) in [5.74, 6) is 0.189. The Kier molecular flexibility index (Phi) is 9.91. The molecule has 1 aromatic heterocycles. The summed E-state index contributed by atoms with van der Waals surface area (Å²) in [5.41, 5.74) is 20.9. The van der Waals surface area contributed by atoms with E-state index in [4.69, 9.17) is 16.9 Å². The van der Waals surface area contributed by atoms with Crippen LogP contribution in [0.1, 0.15) is 65.9 Å². The van der Waals surface area contributed by atoms with E-state index in [-0.39, 0.29) is 17.2 Å². The molecule has 6 nitrogen and oxygen atoms in total. The number of fused-ring (bicyclic) bond motifs is 1. The van der Waals surface area contributed by atoms with Crippen molar-refractivity contribution in [1.82, 2.24) is 10.3 Å². The van der Waals surface area contributed by atoms with Crippen molar-refractivity contribution in [3.05, 3.63) is 94.4 Å². The summed E-state index contributed by atoms with van der Waals surface area (Å²) in [4.78, 5) is 15.2. The number of benzene rings is 2. The van der Waals surface area contributed by atoms with Gasteiger partial charge in [-0.05, 0) is 66.8 Å². The van der Waals surface area contributed by atoms with E-state index < -0.39 is 0 Å². The number of allylic oxidation sites excluding steroid dienone is 1. The van der Waals surface area contributed by atoms with E-state index in [1.54, 1.807) is 13.0 Å². The first-order valence-electron chi connectivity index (χ1n) is 11.9. The summed E-state index contributed by atoms with van der Waals surface area (Å²) in [7, 11) is 0. The topological polar surface area (TPSA) is 118 Å². The van der Waals surface area contributed by atoms with Gasteiger partial charge in [0.2, 0.25) is 0 Å². The second kappa shape index (κ2) is 12.6. The lowest BCUT2D eigenvalue weighted by Gasteiger charge is -2.14. The number of nitrogen functional groups attached to an aromatic ring is 1. The number of Topliss-reactive ketones (excluding diaryl/α,β-unsaturated/α-hetero) is 1. The molecule has 0 atom stereocenters. The van der Waals surface area contributed by atoms with Gasteiger partial charge >= 0.3 is 0 Å². The maximum atomic E-state index is 10.9. The number of hydrogen-bond donors (Lipinski definition) is 4. The van der Waals surface area contributed by atoms with E-state index in [9.17, 15) is 4.79 Å². The highest BCUT2D eigenvalue weighted by Gasteiger charge is 2.21. The van der Waals surface area contributed by atoms with Crippen LogP contribution in [0.15, 0.2) is 61.1 Å². The van der Waals surface area contributed by atoms with Crippen LogP contribution in [0, 0.1) is 12.3 Å². The first-order valence-corrected chi connectivity index (χ1v) is 11.9. The largest absolute Gasteiger partial charge is 0.398 e. The molecule has 0 spiro atoms. The van der Waals surface area contributed by atoms with Gasteiger partial charge in [0.1, 0.15) is 0 Å². The lowest BCUT2D eigenvalue weighted by Crippen LogP contribution is -2.13. The molecular formula is C29H37N5O. The quantitative estimate of drug-likeness (QED) is 0.163. The van der Waals surface area contributed by atoms with E-state index in [2.05, 4.69) is 36.8 Å². The molecule has 0 saturated heterocycles. The summed E-state index contributed by atoms with van der Waals surface area (Å²) in [5, 5.41) is 11.4. The fraction of sp³-hybridized carbons (Fsp3) is 0.276. The summed E-state index contributed by atoms with van der Waals surface area (Å²) in [6.45, 7) is 15.1. The molecule has 184 valence electrons. The van der Waals surface area contributed by atoms with Gasteiger partial charge in [-0.15, -0.1) is 0 Å². The second-order valence-electron chi connectivity index (χ2n) is 8.13. The molecule has 3 aromatic rings. The number of ketones is 1. The molecule has 0 bridgehead atoms. The van der Waals surface area contributed by atoms with Crippen molar-refractivity contribution in [3.8, 4) is 11.1 Å². The molecule has 6 N–H and O–H groups in total. The Labute approximate surface area is 209 Å². The molecule has 2 aromatic carbocycles. The smallest absolute Gasteiger partial charge is 0.160 e. The molecule has 1 aliphatic rings. The van der Waals surface area contributed by atoms with Crippen LogP contribution in [0.25, 0.3) is 11.1 Å². The zero-order chi connectivity index (χ0) is 26.1. The molecule has 0 unspecified atom stereocenters. The average Bonchev–Trinajstić information content (AvgIpc) is 3.65. The number of pyridine rings is 1. The number of nitrogens with two attached hydrogens (primary N) is 2. The minimum atomic E-state index is 0.152. The predicted molar refractivity (Wildman–Crippen MR) is 147 cm³/mol. The van der Waals surface area contributed by atoms with Crippen molar-refractivity contribution in [3.63, 3.8) is 0 Å². The van der Waals surface area contributed by atoms with Crippen molar-refractivity contribution in [2.24, 2.45) is 5.73 Å². The number of nitrogens with zero attached hydrogens (tertiary/aromatic N) is 1. The van der Waals surface area contributed by atoms with Gasteiger partial charge < -0.3 is 16.8 Å². The first-order chi connectivity index (χ1) is 16.7. The highest BCUT2D eigenvalue weighted by Crippen LogP contribution is 2.31. The Morgan fingerprint density at radius 1 is 1.17 bits per heavy atom. The Morgan fingerprint density at radius 3 is 2.49 bits per heavy atom. The van der Waals surface area contributed by atoms with Gasteiger partial charge in [0.25, 0.3) is 0 Å². The molecule has 0 aliphatic heterocycles. The van der Waals surface area contributed by atoms with E-state index in [0.717, 1.165) is 47.3 Å². The molecule has 6 heteroatoms. The lowest BCUT2D eigenvalue weighted by molar-refractivity contribution is 0.101. The summed E-state index contributed by atoms with van der Waals surface area (Å²) in [6.07, 6.45) is 4.74. The van der Waals surface area contributed by atoms with E-state index >= 15 is 0 Å². The molecular weight excluding hydrogens is 434 g/mol. The highest BCUT2D eigenvalue weighted by atomic mass is 16.1. The average molecular weight is 472 g/mol. The van der Waals surface area contributed by atoms with Gasteiger partial charge in [-0.1, -0.05) is 51.6 Å². The van der Waals surface area contributed by atoms with Crippen LogP contribution < -0.4 is 16.8 Å². The number of anilines is 1. The van der Waals surface area contributed by atoms with Crippen molar-refractivity contribution in [2.75, 3.05) is 12.3 Å². The zero-order valence-electron chi connectivity index (χ0n) is 21.5. The molecule has 0 amide bonds. The minimum absolute atomic E-state index is 0.152. The number of hydrogen-bond acceptors (Lipinski definition) is 6. The second-order valence-corrected chi connectivity index (χ2v) is 8.13. The third-order valence-corrected chi connectivity index (χ3v) is 5.73. The van der Waals surface area contributed by atoms with Crippen LogP contribution in [0.3, 0.4) is 0 Å². The zero-order valence-corrected chi connectivity index (χ0v) is 21.5. The van der Waals surface area contributed by atoms with Crippen molar-refractivity contribution < 1.29 is 4.79 Å². The molecule has 1 heterocycles. The van der Waals surface area contributed by atoms with Gasteiger partial charge in [0.05, 0.1) is 11.4 Å². The number of carbonyl (C=O) groups is 1. The number of nitrogens with one attached hydrogen (secondary N) is 2. The van der Waals surface area contributed by atoms with Gasteiger partial charge in [0, 0.05) is 41.3 Å². The maximum Gasteiger partial charge on any atom is 0.160 e. The highest BCUT2D eigenvalue weighted by molar-refractivity contribution is 6.13. The van der Waals surface area contributed by atoms with Crippen LogP contribution >= 0.6 is 0 Å². The first kappa shape index (κ1) is 27.5. The van der Waals surface area contributed by atoms with E-state index in [1.807, 2.05) is 50.5 Å². The maximum absolute atomic E-state index is 10.9. The van der Waals surface area contributed by atoms with Crippen molar-refractivity contribution in [1.29, 1.82) is 5.41 Å². The Balaban J connectivity index is 0.000000296. The van der Waals surface area contributed by atoms with Crippen LogP contribution in [0.5, 0.6) is 0 Å². The molecule has 0 radical (unpaired) electrons. The molecule has 35 heavy (non-hydrogen) atoms. The van der Waals surface area contributed by atoms with Crippen LogP contribution in [-0.4, -0.2) is 23.0 Å². The third-order valence-electron chi connectivity index (χ3n) is 5.73. The van der Waals surface area contributed by atoms with Gasteiger partial charge in [0.15, 0.2) is 5.78 Å². The minimum Gasteiger partial charge on any atom is -0.398 e. The standard InChI is InChI=1S/C18H23N5.C9H8O.C2H6/c1-4-22-8-14-9-23-10-16(11(14)2)13-5-6-17(20)15(7-13)18(21)12(3)19;1-6(10)8-4-2-3-7-5-9(7)8;1-2/h5-7,9-10,21-22H,3-4,8,19-20H2,1-2H3;2-4H,5H2,1H3;1-2H3. The normalized spacial score (nSPS) is 10.7. The lowest BCUT2D eigenvalue weighted by atomic mass is 9.95. The summed E-state index contributed by atoms with van der Waals surface area (Å²) < 4.78 is 0. The van der Waals surface area contributed by atoms with Gasteiger partial charge in [-0.3, -0.25) is 15.2 Å². The Hall–Kier alpha value is -3.77. The van der Waals surface area contributed by atoms with Crippen LogP contribution in [0.2, 0.25) is 0 Å². The molecule has 4 rings (SSSR count). The molecule has 1 aliphatic carbocycles. The summed E-state index contributed by atoms with van der Waals surface area (Å²) in [6, 6.07) is 11.5. The fourth-order valence-electron chi connectivity index (χ4n) is 3.68. The predicted octanol–water partition coefficient (Wildman–Crippen LogP) is 5.41. The molecule has 0 saturated carbocycles. The number of carbonyl (C=O) groups excluding carboxylic acids is 1. The molecule has 0 fully saturated rings. The van der Waals surface area contributed by atoms with Gasteiger partial charge in [-0.2, -0.15) is 0 Å². The van der Waals surface area contributed by atoms with Crippen molar-refractivity contribution in [2.45, 2.75) is 47.6 Å². The fourth-order valence-corrected chi connectivity index (χ4v) is 3.68. The number of aromatic nitrogens is 1. The Bertz CT molecular complexity index is 1230. The van der Waals surface area contributed by atoms with Crippen molar-refractivity contribution >= 4 is 17.2 Å². The van der Waals surface area contributed by atoms with E-state index in [1.165, 1.54) is 11.1 Å². The monoisotopic (exact) mass is 471 g/mol. The SMILES string of the molecule is C=C(N)C(=N)c1cc(-c2cncc(CNCC)c2C)ccc1N.CC.CC(=O)c1cccc2c1C2. The van der Waals surface area contributed by atoms with E-state index in [0.29, 0.717) is 11.3 Å². The van der Waals surface area contributed by atoms with Gasteiger partial charge in [-0.25, -0.2) is 0 Å². The third kappa shape index (κ3) is 6.87.